The molecule has 0 atom stereocenters. The second-order valence-electron chi connectivity index (χ2n) is 5.49. The van der Waals surface area contributed by atoms with E-state index < -0.39 is 0 Å². The summed E-state index contributed by atoms with van der Waals surface area (Å²) in [5, 5.41) is 4.16. The summed E-state index contributed by atoms with van der Waals surface area (Å²) >= 11 is 0. The predicted octanol–water partition coefficient (Wildman–Crippen LogP) is 3.17. The normalized spacial score (nSPS) is 13.4. The molecule has 5 heteroatoms. The average molecular weight is 292 g/mol. The predicted molar refractivity (Wildman–Crippen MR) is 87.2 cm³/mol. The first-order chi connectivity index (χ1) is 10.7. The van der Waals surface area contributed by atoms with Crippen LogP contribution in [0.5, 0.6) is 0 Å². The average Bonchev–Trinajstić information content (AvgIpc) is 3.12. The third-order valence-electron chi connectivity index (χ3n) is 4.21. The Balaban J connectivity index is 1.67. The van der Waals surface area contributed by atoms with Crippen LogP contribution in [0.25, 0.3) is 10.9 Å². The number of pyridine rings is 1. The summed E-state index contributed by atoms with van der Waals surface area (Å²) in [6.45, 7) is 0.709. The van der Waals surface area contributed by atoms with E-state index >= 15 is 0 Å². The van der Waals surface area contributed by atoms with Gasteiger partial charge >= 0.3 is 6.03 Å². The third-order valence-corrected chi connectivity index (χ3v) is 4.21. The van der Waals surface area contributed by atoms with Gasteiger partial charge in [0.05, 0.1) is 0 Å². The molecule has 1 aromatic carbocycles. The molecule has 0 saturated carbocycles. The fourth-order valence-electron chi connectivity index (χ4n) is 3.10. The molecule has 2 aromatic heterocycles. The summed E-state index contributed by atoms with van der Waals surface area (Å²) < 4.78 is 2.11. The van der Waals surface area contributed by atoms with Gasteiger partial charge in [0.1, 0.15) is 0 Å². The Morgan fingerprint density at radius 2 is 2.00 bits per heavy atom. The molecular formula is C17H16N4O. The molecule has 0 bridgehead atoms. The minimum absolute atomic E-state index is 0.0970. The van der Waals surface area contributed by atoms with Crippen molar-refractivity contribution in [3.05, 3.63) is 54.5 Å². The molecule has 0 aliphatic carbocycles. The number of fused-ring (bicyclic) bond motifs is 3. The van der Waals surface area contributed by atoms with Crippen molar-refractivity contribution in [3.8, 4) is 0 Å². The van der Waals surface area contributed by atoms with Crippen molar-refractivity contribution in [3.63, 3.8) is 0 Å². The lowest BCUT2D eigenvalue weighted by Gasteiger charge is -2.18. The van der Waals surface area contributed by atoms with Gasteiger partial charge in [-0.15, -0.1) is 0 Å². The summed E-state index contributed by atoms with van der Waals surface area (Å²) in [4.78, 5) is 18.3. The van der Waals surface area contributed by atoms with Crippen LogP contribution in [0.3, 0.4) is 0 Å². The van der Waals surface area contributed by atoms with Crippen LogP contribution in [0, 0.1) is 0 Å². The van der Waals surface area contributed by atoms with Crippen molar-refractivity contribution in [2.75, 3.05) is 16.8 Å². The van der Waals surface area contributed by atoms with E-state index in [1.807, 2.05) is 18.0 Å². The largest absolute Gasteiger partial charge is 0.351 e. The molecule has 0 unspecified atom stereocenters. The highest BCUT2D eigenvalue weighted by Gasteiger charge is 2.26. The molecule has 1 aliphatic rings. The van der Waals surface area contributed by atoms with Gasteiger partial charge in [-0.25, -0.2) is 4.79 Å². The summed E-state index contributed by atoms with van der Waals surface area (Å²) in [6.07, 6.45) is 6.28. The van der Waals surface area contributed by atoms with E-state index in [1.165, 1.54) is 16.5 Å². The number of aromatic nitrogens is 2. The Bertz CT molecular complexity index is 854. The van der Waals surface area contributed by atoms with Gasteiger partial charge in [-0.3, -0.25) is 9.88 Å². The highest BCUT2D eigenvalue weighted by molar-refractivity contribution is 6.05. The van der Waals surface area contributed by atoms with Crippen LogP contribution >= 0.6 is 0 Å². The van der Waals surface area contributed by atoms with Gasteiger partial charge in [0.15, 0.2) is 0 Å². The van der Waals surface area contributed by atoms with Gasteiger partial charge in [-0.1, -0.05) is 0 Å². The van der Waals surface area contributed by atoms with Crippen LogP contribution < -0.4 is 10.2 Å². The molecule has 4 rings (SSSR count). The zero-order valence-corrected chi connectivity index (χ0v) is 12.3. The summed E-state index contributed by atoms with van der Waals surface area (Å²) in [6, 6.07) is 9.71. The second kappa shape index (κ2) is 4.87. The molecule has 22 heavy (non-hydrogen) atoms. The van der Waals surface area contributed by atoms with Crippen LogP contribution in [0.2, 0.25) is 0 Å². The number of nitrogens with zero attached hydrogens (tertiary/aromatic N) is 3. The maximum atomic E-state index is 12.5. The molecule has 2 amide bonds. The lowest BCUT2D eigenvalue weighted by molar-refractivity contribution is 0.257. The Kier molecular flexibility index (Phi) is 2.85. The molecule has 0 radical (unpaired) electrons. The minimum Gasteiger partial charge on any atom is -0.351 e. The molecule has 1 aliphatic heterocycles. The molecule has 0 spiro atoms. The number of rotatable bonds is 1. The van der Waals surface area contributed by atoms with E-state index in [2.05, 4.69) is 33.2 Å². The summed E-state index contributed by atoms with van der Waals surface area (Å²) in [7, 11) is 2.04. The lowest BCUT2D eigenvalue weighted by atomic mass is 10.1. The van der Waals surface area contributed by atoms with Crippen LogP contribution in [0.15, 0.2) is 48.9 Å². The van der Waals surface area contributed by atoms with Crippen molar-refractivity contribution >= 4 is 28.3 Å². The number of carbonyl (C=O) groups excluding carboxylic acids is 1. The van der Waals surface area contributed by atoms with Gasteiger partial charge in [0.25, 0.3) is 0 Å². The molecule has 0 saturated heterocycles. The number of aryl methyl sites for hydroxylation is 1. The first-order valence-corrected chi connectivity index (χ1v) is 7.29. The molecular weight excluding hydrogens is 276 g/mol. The summed E-state index contributed by atoms with van der Waals surface area (Å²) in [5.74, 6) is 0. The minimum atomic E-state index is -0.0970. The van der Waals surface area contributed by atoms with Crippen LogP contribution in [-0.4, -0.2) is 22.1 Å². The van der Waals surface area contributed by atoms with E-state index in [1.54, 1.807) is 24.5 Å². The van der Waals surface area contributed by atoms with Crippen molar-refractivity contribution in [1.82, 2.24) is 9.55 Å². The first kappa shape index (κ1) is 12.9. The molecule has 110 valence electrons. The molecule has 3 aromatic rings. The number of benzene rings is 1. The number of hydrogen-bond donors (Lipinski definition) is 1. The number of nitrogens with one attached hydrogen (secondary N) is 1. The maximum Gasteiger partial charge on any atom is 0.326 e. The van der Waals surface area contributed by atoms with Crippen molar-refractivity contribution in [2.24, 2.45) is 7.05 Å². The Morgan fingerprint density at radius 1 is 1.18 bits per heavy atom. The van der Waals surface area contributed by atoms with Gasteiger partial charge in [-0.05, 0) is 42.3 Å². The molecule has 5 nitrogen and oxygen atoms in total. The third kappa shape index (κ3) is 1.94. The molecule has 1 N–H and O–H groups in total. The SMILES string of the molecule is Cn1ccc2c3c(ccc21)N(C(=O)Nc1ccncc1)CC3. The zero-order valence-electron chi connectivity index (χ0n) is 12.3. The van der Waals surface area contributed by atoms with Gasteiger partial charge in [0.2, 0.25) is 0 Å². The van der Waals surface area contributed by atoms with E-state index in [-0.39, 0.29) is 6.03 Å². The van der Waals surface area contributed by atoms with E-state index in [9.17, 15) is 4.79 Å². The standard InChI is InChI=1S/C17H16N4O/c1-20-10-6-13-14-7-11-21(16(14)3-2-15(13)20)17(22)19-12-4-8-18-9-5-12/h2-6,8-10H,7,11H2,1H3,(H,18,19,22). The van der Waals surface area contributed by atoms with Gasteiger partial charge in [-0.2, -0.15) is 0 Å². The van der Waals surface area contributed by atoms with Gasteiger partial charge in [0, 0.05) is 54.5 Å². The van der Waals surface area contributed by atoms with Crippen molar-refractivity contribution in [2.45, 2.75) is 6.42 Å². The van der Waals surface area contributed by atoms with Gasteiger partial charge < -0.3 is 9.88 Å². The smallest absolute Gasteiger partial charge is 0.326 e. The fraction of sp³-hybridized carbons (Fsp3) is 0.176. The molecule has 0 fully saturated rings. The highest BCUT2D eigenvalue weighted by atomic mass is 16.2. The Morgan fingerprint density at radius 3 is 2.82 bits per heavy atom. The molecule has 3 heterocycles. The topological polar surface area (TPSA) is 50.2 Å². The number of hydrogen-bond acceptors (Lipinski definition) is 2. The zero-order chi connectivity index (χ0) is 15.1. The fourth-order valence-corrected chi connectivity index (χ4v) is 3.10. The quantitative estimate of drug-likeness (QED) is 0.749. The van der Waals surface area contributed by atoms with Crippen molar-refractivity contribution < 1.29 is 4.79 Å². The van der Waals surface area contributed by atoms with Crippen molar-refractivity contribution in [1.29, 1.82) is 0 Å². The van der Waals surface area contributed by atoms with Crippen LogP contribution in [-0.2, 0) is 13.5 Å². The van der Waals surface area contributed by atoms with Crippen LogP contribution in [0.4, 0.5) is 16.2 Å². The number of anilines is 2. The number of amides is 2. The Hall–Kier alpha value is -2.82. The second-order valence-corrected chi connectivity index (χ2v) is 5.49. The first-order valence-electron chi connectivity index (χ1n) is 7.29. The van der Waals surface area contributed by atoms with E-state index in [4.69, 9.17) is 0 Å². The van der Waals surface area contributed by atoms with Crippen LogP contribution in [0.1, 0.15) is 5.56 Å². The maximum absolute atomic E-state index is 12.5. The van der Waals surface area contributed by atoms with E-state index in [0.29, 0.717) is 6.54 Å². The highest BCUT2D eigenvalue weighted by Crippen LogP contribution is 2.34. The number of carbonyl (C=O) groups is 1. The Labute approximate surface area is 128 Å². The van der Waals surface area contributed by atoms with E-state index in [0.717, 1.165) is 17.8 Å². The lowest BCUT2D eigenvalue weighted by Crippen LogP contribution is -2.33. The summed E-state index contributed by atoms with van der Waals surface area (Å²) in [5.41, 5.74) is 4.22. The monoisotopic (exact) mass is 292 g/mol. The number of urea groups is 1.